The van der Waals surface area contributed by atoms with Gasteiger partial charge >= 0.3 is 0 Å². The number of hydrogen-bond donors (Lipinski definition) is 2. The fourth-order valence-corrected chi connectivity index (χ4v) is 4.30. The van der Waals surface area contributed by atoms with E-state index < -0.39 is 15.1 Å². The highest BCUT2D eigenvalue weighted by Gasteiger charge is 2.27. The van der Waals surface area contributed by atoms with Crippen LogP contribution in [0.4, 0.5) is 11.4 Å². The van der Waals surface area contributed by atoms with Gasteiger partial charge in [-0.15, -0.1) is 0 Å². The van der Waals surface area contributed by atoms with Crippen LogP contribution in [0.25, 0.3) is 0 Å². The first-order valence-electron chi connectivity index (χ1n) is 8.99. The molecule has 0 fully saturated rings. The van der Waals surface area contributed by atoms with Gasteiger partial charge in [0.15, 0.2) is 16.4 Å². The van der Waals surface area contributed by atoms with Crippen molar-refractivity contribution in [2.24, 2.45) is 0 Å². The van der Waals surface area contributed by atoms with Crippen LogP contribution in [0.1, 0.15) is 25.8 Å². The summed E-state index contributed by atoms with van der Waals surface area (Å²) in [4.78, 5) is 23.8. The summed E-state index contributed by atoms with van der Waals surface area (Å²) in [7, 11) is -3.76. The van der Waals surface area contributed by atoms with Gasteiger partial charge in [0, 0.05) is 12.1 Å². The van der Waals surface area contributed by atoms with Gasteiger partial charge in [0.05, 0.1) is 15.8 Å². The number of benzene rings is 2. The van der Waals surface area contributed by atoms with E-state index in [-0.39, 0.29) is 29.7 Å². The number of rotatable bonds is 6. The van der Waals surface area contributed by atoms with Crippen LogP contribution in [-0.4, -0.2) is 32.1 Å². The zero-order chi connectivity index (χ0) is 20.3. The average molecular weight is 402 g/mol. The number of hydrogen-bond acceptors (Lipinski definition) is 5. The molecule has 2 aromatic carbocycles. The lowest BCUT2D eigenvalue weighted by Gasteiger charge is -2.19. The van der Waals surface area contributed by atoms with Crippen molar-refractivity contribution in [1.82, 2.24) is 0 Å². The predicted octanol–water partition coefficient (Wildman–Crippen LogP) is 2.77. The third kappa shape index (κ3) is 4.33. The molecule has 7 nitrogen and oxygen atoms in total. The summed E-state index contributed by atoms with van der Waals surface area (Å²) in [6.45, 7) is 3.41. The van der Waals surface area contributed by atoms with E-state index >= 15 is 0 Å². The van der Waals surface area contributed by atoms with Crippen LogP contribution in [0.15, 0.2) is 47.4 Å². The van der Waals surface area contributed by atoms with Crippen molar-refractivity contribution >= 4 is 33.0 Å². The molecular formula is C20H22N2O5S. The Balaban J connectivity index is 1.72. The lowest BCUT2D eigenvalue weighted by Crippen LogP contribution is -2.27. The van der Waals surface area contributed by atoms with E-state index in [2.05, 4.69) is 10.6 Å². The molecule has 1 aliphatic rings. The highest BCUT2D eigenvalue weighted by atomic mass is 32.2. The maximum Gasteiger partial charge on any atom is 0.262 e. The van der Waals surface area contributed by atoms with Crippen molar-refractivity contribution in [3.63, 3.8) is 0 Å². The third-order valence-electron chi connectivity index (χ3n) is 4.53. The topological polar surface area (TPSA) is 102 Å². The van der Waals surface area contributed by atoms with E-state index in [1.165, 1.54) is 25.1 Å². The summed E-state index contributed by atoms with van der Waals surface area (Å²) >= 11 is 0. The molecule has 0 aromatic heterocycles. The number of carbonyl (C=O) groups is 2. The Morgan fingerprint density at radius 1 is 1.25 bits per heavy atom. The monoisotopic (exact) mass is 402 g/mol. The maximum atomic E-state index is 12.9. The average Bonchev–Trinajstić information content (AvgIpc) is 2.67. The van der Waals surface area contributed by atoms with Gasteiger partial charge in [-0.2, -0.15) is 0 Å². The van der Waals surface area contributed by atoms with Crippen molar-refractivity contribution in [3.8, 4) is 5.75 Å². The number of sulfone groups is 1. The third-order valence-corrected chi connectivity index (χ3v) is 6.67. The molecule has 0 saturated heterocycles. The molecule has 0 unspecified atom stereocenters. The molecular weight excluding hydrogens is 380 g/mol. The first kappa shape index (κ1) is 19.9. The molecule has 0 aliphatic carbocycles. The van der Waals surface area contributed by atoms with E-state index in [9.17, 15) is 18.0 Å². The van der Waals surface area contributed by atoms with Crippen molar-refractivity contribution in [2.45, 2.75) is 36.8 Å². The van der Waals surface area contributed by atoms with E-state index in [4.69, 9.17) is 4.74 Å². The van der Waals surface area contributed by atoms with E-state index in [0.29, 0.717) is 17.1 Å². The molecule has 1 aliphatic heterocycles. The minimum Gasteiger partial charge on any atom is -0.482 e. The number of aryl methyl sites for hydroxylation is 1. The number of amides is 2. The van der Waals surface area contributed by atoms with Gasteiger partial charge in [0.2, 0.25) is 5.91 Å². The number of anilines is 2. The second-order valence-corrected chi connectivity index (χ2v) is 9.02. The minimum atomic E-state index is -3.76. The maximum absolute atomic E-state index is 12.9. The fourth-order valence-electron chi connectivity index (χ4n) is 2.92. The molecule has 2 amide bonds. The Kier molecular flexibility index (Phi) is 5.69. The fraction of sp³-hybridized carbons (Fsp3) is 0.300. The van der Waals surface area contributed by atoms with Crippen LogP contribution in [0.5, 0.6) is 5.75 Å². The molecule has 1 heterocycles. The van der Waals surface area contributed by atoms with Gasteiger partial charge in [-0.3, -0.25) is 9.59 Å². The molecule has 2 N–H and O–H groups in total. The van der Waals surface area contributed by atoms with Gasteiger partial charge < -0.3 is 15.4 Å². The summed E-state index contributed by atoms with van der Waals surface area (Å²) < 4.78 is 31.0. The van der Waals surface area contributed by atoms with Crippen molar-refractivity contribution < 1.29 is 22.7 Å². The molecule has 148 valence electrons. The number of nitrogens with one attached hydrogen (secondary N) is 2. The molecule has 3 rings (SSSR count). The second-order valence-electron chi connectivity index (χ2n) is 6.66. The summed E-state index contributed by atoms with van der Waals surface area (Å²) in [5.74, 6) is -0.303. The van der Waals surface area contributed by atoms with E-state index in [1.807, 2.05) is 25.1 Å². The van der Waals surface area contributed by atoms with E-state index in [1.54, 1.807) is 6.07 Å². The molecule has 0 bridgehead atoms. The standard InChI is InChI=1S/C20H22N2O5S/c1-3-14-5-4-6-15(10-14)21-19(23)9-13(2)28(25,26)16-7-8-18-17(11-16)22-20(24)12-27-18/h4-8,10-11,13H,3,9,12H2,1-2H3,(H,21,23)(H,22,24)/t13-/m0/s1. The van der Waals surface area contributed by atoms with Crippen molar-refractivity contribution in [3.05, 3.63) is 48.0 Å². The van der Waals surface area contributed by atoms with E-state index in [0.717, 1.165) is 12.0 Å². The van der Waals surface area contributed by atoms with Gasteiger partial charge in [-0.05, 0) is 49.2 Å². The van der Waals surface area contributed by atoms with Crippen LogP contribution in [0.3, 0.4) is 0 Å². The molecule has 1 atom stereocenters. The normalized spacial score (nSPS) is 14.4. The van der Waals surface area contributed by atoms with Gasteiger partial charge in [0.1, 0.15) is 5.75 Å². The SMILES string of the molecule is CCc1cccc(NC(=O)C[C@H](C)S(=O)(=O)c2ccc3c(c2)NC(=O)CO3)c1. The van der Waals surface area contributed by atoms with Crippen LogP contribution in [0, 0.1) is 0 Å². The first-order valence-corrected chi connectivity index (χ1v) is 10.5. The van der Waals surface area contributed by atoms with Gasteiger partial charge in [-0.1, -0.05) is 19.1 Å². The van der Waals surface area contributed by atoms with Crippen LogP contribution >= 0.6 is 0 Å². The molecule has 8 heteroatoms. The van der Waals surface area contributed by atoms with Gasteiger partial charge in [0.25, 0.3) is 5.91 Å². The molecule has 0 radical (unpaired) electrons. The molecule has 0 saturated carbocycles. The second kappa shape index (κ2) is 8.02. The van der Waals surface area contributed by atoms with Crippen LogP contribution in [-0.2, 0) is 25.8 Å². The predicted molar refractivity (Wildman–Crippen MR) is 106 cm³/mol. The van der Waals surface area contributed by atoms with Crippen molar-refractivity contribution in [2.75, 3.05) is 17.2 Å². The van der Waals surface area contributed by atoms with Crippen molar-refractivity contribution in [1.29, 1.82) is 0 Å². The van der Waals surface area contributed by atoms with Gasteiger partial charge in [-0.25, -0.2) is 8.42 Å². The first-order chi connectivity index (χ1) is 13.3. The molecule has 0 spiro atoms. The van der Waals surface area contributed by atoms with Crippen LogP contribution < -0.4 is 15.4 Å². The summed E-state index contributed by atoms with van der Waals surface area (Å²) in [6, 6.07) is 11.7. The Morgan fingerprint density at radius 2 is 2.04 bits per heavy atom. The highest BCUT2D eigenvalue weighted by molar-refractivity contribution is 7.92. The van der Waals surface area contributed by atoms with Crippen LogP contribution in [0.2, 0.25) is 0 Å². The lowest BCUT2D eigenvalue weighted by molar-refractivity contribution is -0.118. The molecule has 2 aromatic rings. The number of fused-ring (bicyclic) bond motifs is 1. The number of ether oxygens (including phenoxy) is 1. The largest absolute Gasteiger partial charge is 0.482 e. The summed E-state index contributed by atoms with van der Waals surface area (Å²) in [6.07, 6.45) is 0.658. The Morgan fingerprint density at radius 3 is 2.79 bits per heavy atom. The summed E-state index contributed by atoms with van der Waals surface area (Å²) in [5.41, 5.74) is 2.03. The smallest absolute Gasteiger partial charge is 0.262 e. The Bertz CT molecular complexity index is 1020. The lowest BCUT2D eigenvalue weighted by atomic mass is 10.1. The zero-order valence-corrected chi connectivity index (χ0v) is 16.5. The molecule has 28 heavy (non-hydrogen) atoms. The Labute approximate surface area is 164 Å². The minimum absolute atomic E-state index is 0.0327. The zero-order valence-electron chi connectivity index (χ0n) is 15.7. The summed E-state index contributed by atoms with van der Waals surface area (Å²) in [5, 5.41) is 4.40. The highest BCUT2D eigenvalue weighted by Crippen LogP contribution is 2.31. The Hall–Kier alpha value is -2.87. The number of carbonyl (C=O) groups excluding carboxylic acids is 2. The quantitative estimate of drug-likeness (QED) is 0.774.